The molecule has 3 aromatic rings. The standard InChI is InChI=1S/C25H25N5O2.ClH/c1-28(23-11-12-29(25(23)32)16-20-5-3-2-4-6-20)24(31)13-22-15-27-18-30(22)17-21-9-7-19(14-26)8-10-21;/h2-10,15,18,23H,11-13,16-17H2,1H3;1H/t23-;/m1./s1. The molecule has 8 heteroatoms. The zero-order chi connectivity index (χ0) is 22.5. The minimum Gasteiger partial charge on any atom is -0.336 e. The largest absolute Gasteiger partial charge is 0.336 e. The van der Waals surface area contributed by atoms with E-state index in [9.17, 15) is 9.59 Å². The van der Waals surface area contributed by atoms with Crippen LogP contribution in [-0.2, 0) is 29.1 Å². The zero-order valence-corrected chi connectivity index (χ0v) is 19.2. The average molecular weight is 464 g/mol. The van der Waals surface area contributed by atoms with Gasteiger partial charge in [0.15, 0.2) is 0 Å². The Morgan fingerprint density at radius 2 is 1.82 bits per heavy atom. The number of amides is 2. The van der Waals surface area contributed by atoms with Gasteiger partial charge in [0.1, 0.15) is 6.04 Å². The maximum Gasteiger partial charge on any atom is 0.245 e. The molecule has 0 bridgehead atoms. The van der Waals surface area contributed by atoms with Crippen LogP contribution in [0.3, 0.4) is 0 Å². The van der Waals surface area contributed by atoms with Gasteiger partial charge in [-0.15, -0.1) is 12.4 Å². The Hall–Kier alpha value is -3.63. The van der Waals surface area contributed by atoms with Crippen LogP contribution < -0.4 is 0 Å². The topological polar surface area (TPSA) is 82.2 Å². The number of imidazole rings is 1. The number of carbonyl (C=O) groups excluding carboxylic acids is 2. The number of nitriles is 1. The Balaban J connectivity index is 0.00000306. The summed E-state index contributed by atoms with van der Waals surface area (Å²) in [6.07, 6.45) is 4.20. The highest BCUT2D eigenvalue weighted by molar-refractivity contribution is 5.89. The van der Waals surface area contributed by atoms with Gasteiger partial charge in [0, 0.05) is 38.6 Å². The van der Waals surface area contributed by atoms with E-state index in [0.29, 0.717) is 31.6 Å². The Morgan fingerprint density at radius 1 is 1.12 bits per heavy atom. The minimum atomic E-state index is -0.430. The fourth-order valence-corrected chi connectivity index (χ4v) is 4.02. The third kappa shape index (κ3) is 5.60. The monoisotopic (exact) mass is 463 g/mol. The fraction of sp³-hybridized carbons (Fsp3) is 0.280. The first-order chi connectivity index (χ1) is 15.5. The summed E-state index contributed by atoms with van der Waals surface area (Å²) in [7, 11) is 1.71. The molecule has 1 aliphatic rings. The van der Waals surface area contributed by atoms with Gasteiger partial charge < -0.3 is 14.4 Å². The summed E-state index contributed by atoms with van der Waals surface area (Å²) in [5.41, 5.74) is 3.51. The molecule has 1 saturated heterocycles. The van der Waals surface area contributed by atoms with E-state index in [1.807, 2.05) is 51.9 Å². The summed E-state index contributed by atoms with van der Waals surface area (Å²) in [4.78, 5) is 33.5. The highest BCUT2D eigenvalue weighted by atomic mass is 35.5. The van der Waals surface area contributed by atoms with E-state index >= 15 is 0 Å². The lowest BCUT2D eigenvalue weighted by Crippen LogP contribution is -2.43. The van der Waals surface area contributed by atoms with Crippen molar-refractivity contribution >= 4 is 24.2 Å². The summed E-state index contributed by atoms with van der Waals surface area (Å²) in [5.74, 6) is -0.109. The van der Waals surface area contributed by atoms with Crippen LogP contribution in [0.5, 0.6) is 0 Å². The van der Waals surface area contributed by atoms with Crippen LogP contribution in [0.4, 0.5) is 0 Å². The lowest BCUT2D eigenvalue weighted by atomic mass is 10.1. The zero-order valence-electron chi connectivity index (χ0n) is 18.4. The molecule has 0 N–H and O–H groups in total. The van der Waals surface area contributed by atoms with Gasteiger partial charge in [0.25, 0.3) is 0 Å². The normalized spacial score (nSPS) is 15.1. The molecule has 1 aromatic heterocycles. The number of hydrogen-bond donors (Lipinski definition) is 0. The Morgan fingerprint density at radius 3 is 2.52 bits per heavy atom. The van der Waals surface area contributed by atoms with E-state index in [1.165, 1.54) is 0 Å². The van der Waals surface area contributed by atoms with E-state index in [0.717, 1.165) is 16.8 Å². The molecule has 0 radical (unpaired) electrons. The summed E-state index contributed by atoms with van der Waals surface area (Å²) >= 11 is 0. The number of aromatic nitrogens is 2. The first-order valence-corrected chi connectivity index (χ1v) is 10.6. The van der Waals surface area contributed by atoms with Crippen molar-refractivity contribution in [2.24, 2.45) is 0 Å². The van der Waals surface area contributed by atoms with Crippen molar-refractivity contribution < 1.29 is 9.59 Å². The molecule has 0 spiro atoms. The van der Waals surface area contributed by atoms with Crippen LogP contribution in [0.2, 0.25) is 0 Å². The van der Waals surface area contributed by atoms with E-state index in [2.05, 4.69) is 11.1 Å². The van der Waals surface area contributed by atoms with Gasteiger partial charge in [0.05, 0.1) is 24.4 Å². The molecule has 0 aliphatic carbocycles. The molecule has 2 amide bonds. The quantitative estimate of drug-likeness (QED) is 0.539. The first kappa shape index (κ1) is 24.0. The molecule has 2 aromatic carbocycles. The van der Waals surface area contributed by atoms with E-state index in [1.54, 1.807) is 36.6 Å². The molecule has 33 heavy (non-hydrogen) atoms. The van der Waals surface area contributed by atoms with Gasteiger partial charge in [-0.1, -0.05) is 42.5 Å². The molecule has 4 rings (SSSR count). The van der Waals surface area contributed by atoms with Crippen LogP contribution in [0.25, 0.3) is 0 Å². The molecule has 0 unspecified atom stereocenters. The smallest absolute Gasteiger partial charge is 0.245 e. The second-order valence-electron chi connectivity index (χ2n) is 8.05. The molecule has 1 fully saturated rings. The minimum absolute atomic E-state index is 0. The molecule has 0 saturated carbocycles. The van der Waals surface area contributed by atoms with Gasteiger partial charge in [-0.05, 0) is 29.7 Å². The lowest BCUT2D eigenvalue weighted by molar-refractivity contribution is -0.140. The van der Waals surface area contributed by atoms with Crippen molar-refractivity contribution in [3.8, 4) is 6.07 Å². The van der Waals surface area contributed by atoms with Gasteiger partial charge in [-0.25, -0.2) is 4.98 Å². The highest BCUT2D eigenvalue weighted by Gasteiger charge is 2.36. The van der Waals surface area contributed by atoms with Crippen molar-refractivity contribution in [2.45, 2.75) is 32.0 Å². The van der Waals surface area contributed by atoms with Crippen molar-refractivity contribution in [3.05, 3.63) is 89.5 Å². The van der Waals surface area contributed by atoms with Gasteiger partial charge in [0.2, 0.25) is 11.8 Å². The fourth-order valence-electron chi connectivity index (χ4n) is 4.02. The van der Waals surface area contributed by atoms with Crippen molar-refractivity contribution in [3.63, 3.8) is 0 Å². The maximum absolute atomic E-state index is 13.0. The first-order valence-electron chi connectivity index (χ1n) is 10.6. The number of hydrogen-bond acceptors (Lipinski definition) is 4. The number of likely N-dealkylation sites (tertiary alicyclic amines) is 1. The maximum atomic E-state index is 13.0. The van der Waals surface area contributed by atoms with E-state index in [4.69, 9.17) is 5.26 Å². The van der Waals surface area contributed by atoms with Crippen LogP contribution in [-0.4, -0.2) is 50.8 Å². The van der Waals surface area contributed by atoms with Crippen molar-refractivity contribution in [1.82, 2.24) is 19.4 Å². The molecule has 1 aliphatic heterocycles. The molecule has 7 nitrogen and oxygen atoms in total. The molecule has 170 valence electrons. The van der Waals surface area contributed by atoms with Crippen LogP contribution in [0.1, 0.15) is 28.8 Å². The Bertz CT molecular complexity index is 1140. The predicted molar refractivity (Wildman–Crippen MR) is 126 cm³/mol. The number of likely N-dealkylation sites (N-methyl/N-ethyl adjacent to an activating group) is 1. The van der Waals surface area contributed by atoms with Crippen molar-refractivity contribution in [2.75, 3.05) is 13.6 Å². The van der Waals surface area contributed by atoms with Crippen LogP contribution in [0.15, 0.2) is 67.1 Å². The molecular weight excluding hydrogens is 438 g/mol. The molecule has 2 heterocycles. The number of nitrogens with zero attached hydrogens (tertiary/aromatic N) is 5. The van der Waals surface area contributed by atoms with Crippen molar-refractivity contribution in [1.29, 1.82) is 5.26 Å². The second-order valence-corrected chi connectivity index (χ2v) is 8.05. The second kappa shape index (κ2) is 10.8. The van der Waals surface area contributed by atoms with Gasteiger partial charge in [-0.3, -0.25) is 9.59 Å². The van der Waals surface area contributed by atoms with Crippen LogP contribution in [0, 0.1) is 11.3 Å². The third-order valence-electron chi connectivity index (χ3n) is 5.91. The van der Waals surface area contributed by atoms with Gasteiger partial charge in [-0.2, -0.15) is 5.26 Å². The lowest BCUT2D eigenvalue weighted by Gasteiger charge is -2.24. The van der Waals surface area contributed by atoms with E-state index < -0.39 is 6.04 Å². The molecular formula is C25H26ClN5O2. The number of rotatable bonds is 7. The number of carbonyl (C=O) groups is 2. The Labute approximate surface area is 199 Å². The summed E-state index contributed by atoms with van der Waals surface area (Å²) in [5, 5.41) is 8.94. The SMILES string of the molecule is CN(C(=O)Cc1cncn1Cc1ccc(C#N)cc1)[C@@H]1CCN(Cc2ccccc2)C1=O.Cl. The van der Waals surface area contributed by atoms with Crippen LogP contribution >= 0.6 is 12.4 Å². The average Bonchev–Trinajstić information content (AvgIpc) is 3.40. The number of benzene rings is 2. The third-order valence-corrected chi connectivity index (χ3v) is 5.91. The summed E-state index contributed by atoms with van der Waals surface area (Å²) < 4.78 is 1.92. The summed E-state index contributed by atoms with van der Waals surface area (Å²) in [6, 6.07) is 18.9. The summed E-state index contributed by atoms with van der Waals surface area (Å²) in [6.45, 7) is 1.77. The number of halogens is 1. The molecule has 1 atom stereocenters. The highest BCUT2D eigenvalue weighted by Crippen LogP contribution is 2.20. The van der Waals surface area contributed by atoms with Gasteiger partial charge >= 0.3 is 0 Å². The predicted octanol–water partition coefficient (Wildman–Crippen LogP) is 3.03. The van der Waals surface area contributed by atoms with E-state index in [-0.39, 0.29) is 30.6 Å². The Kier molecular flexibility index (Phi) is 7.86.